The first-order chi connectivity index (χ1) is 5.86. The van der Waals surface area contributed by atoms with E-state index in [1.54, 1.807) is 24.3 Å². The molecule has 1 aromatic rings. The zero-order valence-electron chi connectivity index (χ0n) is 7.07. The standard InChI is InChI=1S/C8H10O2.CH4O/c9-5-7-1-2-8(6-10)4-3-7;1-2/h1-4,9-10H,5-6H2;2H,1H3. The van der Waals surface area contributed by atoms with Gasteiger partial charge in [0.15, 0.2) is 0 Å². The van der Waals surface area contributed by atoms with E-state index in [4.69, 9.17) is 15.3 Å². The third-order valence-electron chi connectivity index (χ3n) is 1.39. The molecule has 12 heavy (non-hydrogen) atoms. The summed E-state index contributed by atoms with van der Waals surface area (Å²) in [5.41, 5.74) is 1.74. The Hall–Kier alpha value is -0.900. The lowest BCUT2D eigenvalue weighted by atomic mass is 10.1. The highest BCUT2D eigenvalue weighted by atomic mass is 16.3. The van der Waals surface area contributed by atoms with E-state index in [0.717, 1.165) is 18.2 Å². The molecule has 0 aliphatic rings. The maximum atomic E-state index is 8.64. The second kappa shape index (κ2) is 6.79. The molecule has 3 N–H and O–H groups in total. The van der Waals surface area contributed by atoms with Crippen molar-refractivity contribution in [1.29, 1.82) is 0 Å². The summed E-state index contributed by atoms with van der Waals surface area (Å²) in [7, 11) is 1.00. The van der Waals surface area contributed by atoms with Crippen LogP contribution in [0, 0.1) is 0 Å². The largest absolute Gasteiger partial charge is 0.400 e. The number of aliphatic hydroxyl groups excluding tert-OH is 3. The van der Waals surface area contributed by atoms with Gasteiger partial charge in [-0.15, -0.1) is 0 Å². The monoisotopic (exact) mass is 170 g/mol. The average Bonchev–Trinajstić information content (AvgIpc) is 2.21. The van der Waals surface area contributed by atoms with Crippen LogP contribution in [0.1, 0.15) is 11.1 Å². The van der Waals surface area contributed by atoms with Crippen molar-refractivity contribution in [2.45, 2.75) is 13.2 Å². The predicted molar refractivity (Wildman–Crippen MR) is 46.4 cm³/mol. The van der Waals surface area contributed by atoms with Crippen LogP contribution in [0.25, 0.3) is 0 Å². The van der Waals surface area contributed by atoms with Gasteiger partial charge in [0, 0.05) is 7.11 Å². The molecule has 0 aliphatic carbocycles. The summed E-state index contributed by atoms with van der Waals surface area (Å²) < 4.78 is 0. The van der Waals surface area contributed by atoms with Crippen LogP contribution in [-0.2, 0) is 13.2 Å². The van der Waals surface area contributed by atoms with Crippen LogP contribution in [0.3, 0.4) is 0 Å². The molecule has 0 aliphatic heterocycles. The molecule has 0 atom stereocenters. The molecule has 0 heterocycles. The van der Waals surface area contributed by atoms with Crippen LogP contribution >= 0.6 is 0 Å². The maximum absolute atomic E-state index is 8.64. The number of hydrogen-bond donors (Lipinski definition) is 3. The minimum atomic E-state index is 0.0612. The first-order valence-electron chi connectivity index (χ1n) is 3.61. The zero-order valence-corrected chi connectivity index (χ0v) is 7.07. The molecule has 0 spiro atoms. The Kier molecular flexibility index (Phi) is 6.28. The zero-order chi connectivity index (χ0) is 9.40. The summed E-state index contributed by atoms with van der Waals surface area (Å²) >= 11 is 0. The molecule has 0 saturated carbocycles. The summed E-state index contributed by atoms with van der Waals surface area (Å²) in [5, 5.41) is 24.3. The molecule has 0 saturated heterocycles. The lowest BCUT2D eigenvalue weighted by Gasteiger charge is -1.96. The Bertz CT molecular complexity index is 170. The van der Waals surface area contributed by atoms with Crippen LogP contribution in [0.5, 0.6) is 0 Å². The summed E-state index contributed by atoms with van der Waals surface area (Å²) in [6.07, 6.45) is 0. The minimum absolute atomic E-state index is 0.0612. The first-order valence-corrected chi connectivity index (χ1v) is 3.61. The van der Waals surface area contributed by atoms with Gasteiger partial charge < -0.3 is 15.3 Å². The number of aliphatic hydroxyl groups is 3. The Morgan fingerprint density at radius 3 is 1.25 bits per heavy atom. The highest BCUT2D eigenvalue weighted by Crippen LogP contribution is 2.03. The molecule has 0 radical (unpaired) electrons. The Labute approximate surface area is 71.9 Å². The third kappa shape index (κ3) is 3.48. The molecule has 0 amide bonds. The molecule has 0 fully saturated rings. The molecular weight excluding hydrogens is 156 g/mol. The van der Waals surface area contributed by atoms with Gasteiger partial charge in [0.2, 0.25) is 0 Å². The van der Waals surface area contributed by atoms with Crippen LogP contribution in [0.2, 0.25) is 0 Å². The van der Waals surface area contributed by atoms with Gasteiger partial charge in [0.1, 0.15) is 0 Å². The van der Waals surface area contributed by atoms with Gasteiger partial charge >= 0.3 is 0 Å². The topological polar surface area (TPSA) is 60.7 Å². The van der Waals surface area contributed by atoms with Crippen molar-refractivity contribution in [2.75, 3.05) is 7.11 Å². The van der Waals surface area contributed by atoms with E-state index in [2.05, 4.69) is 0 Å². The van der Waals surface area contributed by atoms with E-state index in [1.807, 2.05) is 0 Å². The van der Waals surface area contributed by atoms with Crippen molar-refractivity contribution in [1.82, 2.24) is 0 Å². The molecule has 3 nitrogen and oxygen atoms in total. The number of rotatable bonds is 2. The minimum Gasteiger partial charge on any atom is -0.400 e. The van der Waals surface area contributed by atoms with Gasteiger partial charge in [-0.05, 0) is 11.1 Å². The second-order valence-corrected chi connectivity index (χ2v) is 2.13. The van der Waals surface area contributed by atoms with E-state index < -0.39 is 0 Å². The predicted octanol–water partition coefficient (Wildman–Crippen LogP) is 0.280. The van der Waals surface area contributed by atoms with Crippen LogP contribution < -0.4 is 0 Å². The Balaban J connectivity index is 0.000000561. The first kappa shape index (κ1) is 11.1. The molecule has 1 rings (SSSR count). The quantitative estimate of drug-likeness (QED) is 0.597. The summed E-state index contributed by atoms with van der Waals surface area (Å²) in [6.45, 7) is 0.122. The summed E-state index contributed by atoms with van der Waals surface area (Å²) in [4.78, 5) is 0. The normalized spacial score (nSPS) is 8.67. The summed E-state index contributed by atoms with van der Waals surface area (Å²) in [5.74, 6) is 0. The number of hydrogen-bond acceptors (Lipinski definition) is 3. The fourth-order valence-corrected chi connectivity index (χ4v) is 0.750. The molecule has 68 valence electrons. The van der Waals surface area contributed by atoms with Gasteiger partial charge in [-0.25, -0.2) is 0 Å². The molecule has 3 heteroatoms. The summed E-state index contributed by atoms with van der Waals surface area (Å²) in [6, 6.07) is 7.19. The Morgan fingerprint density at radius 2 is 1.08 bits per heavy atom. The lowest BCUT2D eigenvalue weighted by Crippen LogP contribution is -1.85. The average molecular weight is 170 g/mol. The van der Waals surface area contributed by atoms with Gasteiger partial charge in [-0.3, -0.25) is 0 Å². The molecule has 0 bridgehead atoms. The van der Waals surface area contributed by atoms with E-state index in [9.17, 15) is 0 Å². The molecule has 0 aromatic heterocycles. The van der Waals surface area contributed by atoms with Gasteiger partial charge in [-0.2, -0.15) is 0 Å². The van der Waals surface area contributed by atoms with Crippen molar-refractivity contribution in [3.05, 3.63) is 35.4 Å². The van der Waals surface area contributed by atoms with Gasteiger partial charge in [0.05, 0.1) is 13.2 Å². The van der Waals surface area contributed by atoms with Crippen LogP contribution in [0.4, 0.5) is 0 Å². The van der Waals surface area contributed by atoms with Crippen molar-refractivity contribution >= 4 is 0 Å². The third-order valence-corrected chi connectivity index (χ3v) is 1.39. The van der Waals surface area contributed by atoms with Crippen molar-refractivity contribution in [3.8, 4) is 0 Å². The lowest BCUT2D eigenvalue weighted by molar-refractivity contribution is 0.278. The highest BCUT2D eigenvalue weighted by molar-refractivity contribution is 5.21. The van der Waals surface area contributed by atoms with Crippen molar-refractivity contribution < 1.29 is 15.3 Å². The number of benzene rings is 1. The van der Waals surface area contributed by atoms with E-state index in [1.165, 1.54) is 0 Å². The van der Waals surface area contributed by atoms with Gasteiger partial charge in [-0.1, -0.05) is 24.3 Å². The maximum Gasteiger partial charge on any atom is 0.0681 e. The fourth-order valence-electron chi connectivity index (χ4n) is 0.750. The second-order valence-electron chi connectivity index (χ2n) is 2.13. The molecule has 0 unspecified atom stereocenters. The van der Waals surface area contributed by atoms with Gasteiger partial charge in [0.25, 0.3) is 0 Å². The van der Waals surface area contributed by atoms with Crippen molar-refractivity contribution in [3.63, 3.8) is 0 Å². The van der Waals surface area contributed by atoms with Crippen molar-refractivity contribution in [2.24, 2.45) is 0 Å². The van der Waals surface area contributed by atoms with Crippen LogP contribution in [-0.4, -0.2) is 22.4 Å². The molecular formula is C9H14O3. The van der Waals surface area contributed by atoms with E-state index in [-0.39, 0.29) is 13.2 Å². The van der Waals surface area contributed by atoms with E-state index >= 15 is 0 Å². The van der Waals surface area contributed by atoms with E-state index in [0.29, 0.717) is 0 Å². The smallest absolute Gasteiger partial charge is 0.0681 e. The van der Waals surface area contributed by atoms with Crippen LogP contribution in [0.15, 0.2) is 24.3 Å². The highest BCUT2D eigenvalue weighted by Gasteiger charge is 1.89. The SMILES string of the molecule is CO.OCc1ccc(CO)cc1. The Morgan fingerprint density at radius 1 is 0.833 bits per heavy atom. The molecule has 1 aromatic carbocycles. The fraction of sp³-hybridized carbons (Fsp3) is 0.333.